The summed E-state index contributed by atoms with van der Waals surface area (Å²) in [6, 6.07) is 11.7. The summed E-state index contributed by atoms with van der Waals surface area (Å²) in [5.74, 6) is 0.727. The molecule has 2 heterocycles. The highest BCUT2D eigenvalue weighted by atomic mass is 32.2. The van der Waals surface area contributed by atoms with Crippen molar-refractivity contribution >= 4 is 15.5 Å². The number of rotatable bonds is 4. The number of sulfone groups is 1. The van der Waals surface area contributed by atoms with Gasteiger partial charge >= 0.3 is 0 Å². The van der Waals surface area contributed by atoms with Gasteiger partial charge in [0.15, 0.2) is 9.84 Å². The van der Waals surface area contributed by atoms with Gasteiger partial charge in [0.05, 0.1) is 16.7 Å². The lowest BCUT2D eigenvalue weighted by molar-refractivity contribution is 0.597. The number of aromatic nitrogens is 1. The molecule has 0 saturated carbocycles. The van der Waals surface area contributed by atoms with Gasteiger partial charge in [0.2, 0.25) is 0 Å². The van der Waals surface area contributed by atoms with E-state index in [4.69, 9.17) is 0 Å². The third kappa shape index (κ3) is 3.24. The third-order valence-electron chi connectivity index (χ3n) is 4.49. The van der Waals surface area contributed by atoms with E-state index >= 15 is 0 Å². The van der Waals surface area contributed by atoms with Crippen LogP contribution in [-0.4, -0.2) is 25.7 Å². The van der Waals surface area contributed by atoms with Crippen molar-refractivity contribution in [1.82, 2.24) is 4.98 Å². The molecule has 4 nitrogen and oxygen atoms in total. The van der Waals surface area contributed by atoms with Gasteiger partial charge in [-0.15, -0.1) is 0 Å². The first kappa shape index (κ1) is 16.0. The van der Waals surface area contributed by atoms with Gasteiger partial charge in [0, 0.05) is 24.6 Å². The van der Waals surface area contributed by atoms with Crippen LogP contribution in [-0.2, 0) is 9.84 Å². The summed E-state index contributed by atoms with van der Waals surface area (Å²) < 4.78 is 23.9. The predicted octanol–water partition coefficient (Wildman–Crippen LogP) is 3.46. The molecule has 0 N–H and O–H groups in total. The Morgan fingerprint density at radius 3 is 2.57 bits per heavy atom. The van der Waals surface area contributed by atoms with Crippen LogP contribution in [0.15, 0.2) is 53.7 Å². The summed E-state index contributed by atoms with van der Waals surface area (Å²) >= 11 is 0. The molecule has 1 fully saturated rings. The number of nitrogens with zero attached hydrogens (tertiary/aromatic N) is 2. The second-order valence-electron chi connectivity index (χ2n) is 6.19. The molecule has 0 aliphatic carbocycles. The van der Waals surface area contributed by atoms with E-state index in [1.165, 1.54) is 5.56 Å². The van der Waals surface area contributed by atoms with Crippen molar-refractivity contribution in [2.24, 2.45) is 5.92 Å². The number of benzene rings is 1. The molecule has 0 radical (unpaired) electrons. The molecule has 1 aromatic heterocycles. The van der Waals surface area contributed by atoms with Gasteiger partial charge in [0.1, 0.15) is 0 Å². The molecule has 1 saturated heterocycles. The second kappa shape index (κ2) is 6.32. The fraction of sp³-hybridized carbons (Fsp3) is 0.389. The average molecular weight is 330 g/mol. The topological polar surface area (TPSA) is 50.3 Å². The van der Waals surface area contributed by atoms with E-state index in [-0.39, 0.29) is 5.75 Å². The zero-order valence-corrected chi connectivity index (χ0v) is 14.3. The number of hydrogen-bond acceptors (Lipinski definition) is 4. The van der Waals surface area contributed by atoms with Crippen LogP contribution in [0.4, 0.5) is 5.69 Å². The zero-order chi connectivity index (χ0) is 16.4. The summed E-state index contributed by atoms with van der Waals surface area (Å²) in [5, 5.41) is 0. The fourth-order valence-corrected chi connectivity index (χ4v) is 4.12. The first-order chi connectivity index (χ1) is 11.0. The first-order valence-corrected chi connectivity index (χ1v) is 9.66. The molecule has 23 heavy (non-hydrogen) atoms. The molecule has 1 aromatic carbocycles. The summed E-state index contributed by atoms with van der Waals surface area (Å²) in [4.78, 5) is 6.98. The maximum absolute atomic E-state index is 11.9. The van der Waals surface area contributed by atoms with Crippen LogP contribution < -0.4 is 4.90 Å². The van der Waals surface area contributed by atoms with Gasteiger partial charge < -0.3 is 4.90 Å². The standard InChI is InChI=1S/C18H22N2O2S/c1-3-23(21,22)17-8-6-16(7-9-17)20-13-14(2)11-18(20)15-5-4-10-19-12-15/h4-10,12,14,18H,3,11,13H2,1-2H3. The second-order valence-corrected chi connectivity index (χ2v) is 8.47. The Bertz CT molecular complexity index is 757. The van der Waals surface area contributed by atoms with Crippen LogP contribution in [0.5, 0.6) is 0 Å². The minimum absolute atomic E-state index is 0.130. The minimum Gasteiger partial charge on any atom is -0.364 e. The Balaban J connectivity index is 1.90. The normalized spacial score (nSPS) is 21.6. The van der Waals surface area contributed by atoms with Crippen molar-refractivity contribution in [3.05, 3.63) is 54.4 Å². The van der Waals surface area contributed by atoms with Gasteiger partial charge in [-0.3, -0.25) is 4.98 Å². The third-order valence-corrected chi connectivity index (χ3v) is 6.24. The fourth-order valence-electron chi connectivity index (χ4n) is 3.23. The number of anilines is 1. The molecule has 0 spiro atoms. The summed E-state index contributed by atoms with van der Waals surface area (Å²) in [6.07, 6.45) is 4.79. The van der Waals surface area contributed by atoms with E-state index in [2.05, 4.69) is 22.9 Å². The van der Waals surface area contributed by atoms with E-state index < -0.39 is 9.84 Å². The molecule has 1 aliphatic heterocycles. The van der Waals surface area contributed by atoms with Crippen molar-refractivity contribution in [3.63, 3.8) is 0 Å². The molecule has 2 aromatic rings. The molecule has 122 valence electrons. The lowest BCUT2D eigenvalue weighted by Gasteiger charge is -2.27. The van der Waals surface area contributed by atoms with E-state index in [1.807, 2.05) is 24.4 Å². The molecule has 0 bridgehead atoms. The van der Waals surface area contributed by atoms with Crippen molar-refractivity contribution in [2.45, 2.75) is 31.2 Å². The average Bonchev–Trinajstić information content (AvgIpc) is 2.98. The number of hydrogen-bond donors (Lipinski definition) is 0. The highest BCUT2D eigenvalue weighted by Crippen LogP contribution is 2.38. The number of pyridine rings is 1. The van der Waals surface area contributed by atoms with Crippen LogP contribution in [0.25, 0.3) is 0 Å². The Labute approximate surface area is 138 Å². The van der Waals surface area contributed by atoms with Crippen LogP contribution in [0, 0.1) is 5.92 Å². The minimum atomic E-state index is -3.14. The molecular formula is C18H22N2O2S. The van der Waals surface area contributed by atoms with E-state index in [1.54, 1.807) is 25.3 Å². The Morgan fingerprint density at radius 2 is 1.96 bits per heavy atom. The largest absolute Gasteiger partial charge is 0.364 e. The lowest BCUT2D eigenvalue weighted by atomic mass is 10.0. The predicted molar refractivity (Wildman–Crippen MR) is 92.3 cm³/mol. The Kier molecular flexibility index (Phi) is 4.39. The van der Waals surface area contributed by atoms with Crippen LogP contribution in [0.1, 0.15) is 31.9 Å². The van der Waals surface area contributed by atoms with E-state index in [0.29, 0.717) is 16.9 Å². The van der Waals surface area contributed by atoms with Crippen molar-refractivity contribution in [2.75, 3.05) is 17.2 Å². The summed E-state index contributed by atoms with van der Waals surface area (Å²) in [6.45, 7) is 4.89. The maximum Gasteiger partial charge on any atom is 0.178 e. The monoisotopic (exact) mass is 330 g/mol. The van der Waals surface area contributed by atoms with Gasteiger partial charge in [-0.25, -0.2) is 8.42 Å². The smallest absolute Gasteiger partial charge is 0.178 e. The highest BCUT2D eigenvalue weighted by Gasteiger charge is 2.31. The molecule has 0 amide bonds. The maximum atomic E-state index is 11.9. The van der Waals surface area contributed by atoms with E-state index in [0.717, 1.165) is 18.7 Å². The highest BCUT2D eigenvalue weighted by molar-refractivity contribution is 7.91. The van der Waals surface area contributed by atoms with Crippen molar-refractivity contribution in [1.29, 1.82) is 0 Å². The first-order valence-electron chi connectivity index (χ1n) is 8.00. The Hall–Kier alpha value is -1.88. The molecule has 1 aliphatic rings. The quantitative estimate of drug-likeness (QED) is 0.861. The van der Waals surface area contributed by atoms with Gasteiger partial charge in [-0.1, -0.05) is 19.9 Å². The summed E-state index contributed by atoms with van der Waals surface area (Å²) in [7, 11) is -3.14. The van der Waals surface area contributed by atoms with Crippen LogP contribution in [0.2, 0.25) is 0 Å². The molecular weight excluding hydrogens is 308 g/mol. The molecule has 3 rings (SSSR count). The SMILES string of the molecule is CCS(=O)(=O)c1ccc(N2CC(C)CC2c2cccnc2)cc1. The van der Waals surface area contributed by atoms with Crippen molar-refractivity contribution in [3.8, 4) is 0 Å². The van der Waals surface area contributed by atoms with Gasteiger partial charge in [0.25, 0.3) is 0 Å². The van der Waals surface area contributed by atoms with E-state index in [9.17, 15) is 8.42 Å². The van der Waals surface area contributed by atoms with Crippen molar-refractivity contribution < 1.29 is 8.42 Å². The van der Waals surface area contributed by atoms with Crippen LogP contribution in [0.3, 0.4) is 0 Å². The summed E-state index contributed by atoms with van der Waals surface area (Å²) in [5.41, 5.74) is 2.28. The zero-order valence-electron chi connectivity index (χ0n) is 13.5. The van der Waals surface area contributed by atoms with Crippen LogP contribution >= 0.6 is 0 Å². The molecule has 2 unspecified atom stereocenters. The van der Waals surface area contributed by atoms with Gasteiger partial charge in [-0.05, 0) is 48.2 Å². The van der Waals surface area contributed by atoms with Gasteiger partial charge in [-0.2, -0.15) is 0 Å². The Morgan fingerprint density at radius 1 is 1.22 bits per heavy atom. The molecule has 2 atom stereocenters. The lowest BCUT2D eigenvalue weighted by Crippen LogP contribution is -2.23. The molecule has 5 heteroatoms.